The molecule has 0 bridgehead atoms. The molecule has 0 saturated carbocycles. The van der Waals surface area contributed by atoms with Crippen LogP contribution in [0.25, 0.3) is 16.7 Å². The molecule has 0 fully saturated rings. The maximum Gasteiger partial charge on any atom is 0.236 e. The molecular formula is C19H20N8O2S. The number of thioether (sulfide) groups is 1. The summed E-state index contributed by atoms with van der Waals surface area (Å²) in [5.74, 6) is 0.990. The van der Waals surface area contributed by atoms with E-state index in [1.165, 1.54) is 11.8 Å². The molecule has 10 nitrogen and oxygen atoms in total. The zero-order valence-electron chi connectivity index (χ0n) is 16.6. The van der Waals surface area contributed by atoms with E-state index in [0.29, 0.717) is 33.4 Å². The number of methoxy groups -OCH3 is 1. The van der Waals surface area contributed by atoms with Gasteiger partial charge in [0, 0.05) is 23.5 Å². The highest BCUT2D eigenvalue weighted by Crippen LogP contribution is 2.24. The predicted octanol–water partition coefficient (Wildman–Crippen LogP) is 2.31. The van der Waals surface area contributed by atoms with Crippen molar-refractivity contribution in [3.63, 3.8) is 0 Å². The Labute approximate surface area is 175 Å². The highest BCUT2D eigenvalue weighted by Gasteiger charge is 2.17. The van der Waals surface area contributed by atoms with Gasteiger partial charge in [0.15, 0.2) is 16.6 Å². The minimum atomic E-state index is -0.227. The van der Waals surface area contributed by atoms with Crippen molar-refractivity contribution in [2.24, 2.45) is 0 Å². The van der Waals surface area contributed by atoms with Crippen molar-refractivity contribution in [1.29, 1.82) is 5.41 Å². The fourth-order valence-corrected chi connectivity index (χ4v) is 3.81. The number of hydrogen-bond donors (Lipinski definition) is 4. The van der Waals surface area contributed by atoms with E-state index >= 15 is 0 Å². The number of hydrogen-bond acceptors (Lipinski definition) is 7. The maximum atomic E-state index is 12.4. The Hall–Kier alpha value is -3.60. The molecule has 1 amide bonds. The van der Waals surface area contributed by atoms with Crippen LogP contribution in [0.5, 0.6) is 5.75 Å². The van der Waals surface area contributed by atoms with Crippen LogP contribution in [-0.4, -0.2) is 48.7 Å². The number of aromatic amines is 2. The third kappa shape index (κ3) is 3.79. The lowest BCUT2D eigenvalue weighted by Crippen LogP contribution is -2.23. The first-order valence-corrected chi connectivity index (χ1v) is 10.1. The van der Waals surface area contributed by atoms with Gasteiger partial charge >= 0.3 is 0 Å². The molecular weight excluding hydrogens is 404 g/mol. The number of H-pyrrole nitrogens is 2. The third-order valence-electron chi connectivity index (χ3n) is 4.40. The van der Waals surface area contributed by atoms with Crippen LogP contribution in [0, 0.1) is 19.3 Å². The number of ether oxygens (including phenoxy) is 1. The van der Waals surface area contributed by atoms with E-state index in [2.05, 4.69) is 30.7 Å². The van der Waals surface area contributed by atoms with Crippen LogP contribution >= 0.6 is 11.8 Å². The average Bonchev–Trinajstić information content (AvgIpc) is 3.31. The summed E-state index contributed by atoms with van der Waals surface area (Å²) < 4.78 is 7.01. The fourth-order valence-electron chi connectivity index (χ4n) is 3.01. The number of nitrogens with zero attached hydrogens (tertiary/aromatic N) is 4. The van der Waals surface area contributed by atoms with Gasteiger partial charge in [-0.2, -0.15) is 10.2 Å². The molecule has 0 aliphatic carbocycles. The van der Waals surface area contributed by atoms with E-state index in [1.807, 2.05) is 38.1 Å². The van der Waals surface area contributed by atoms with Crippen molar-refractivity contribution < 1.29 is 9.53 Å². The Morgan fingerprint density at radius 3 is 2.83 bits per heavy atom. The SMILES string of the molecule is COc1cccc(-n2c(SCC(=O)Nc3cc(C)[nH]n3)nc3n[nH]c(C)c3c2=N)c1. The van der Waals surface area contributed by atoms with Crippen LogP contribution in [0.4, 0.5) is 5.82 Å². The Bertz CT molecular complexity index is 1290. The zero-order chi connectivity index (χ0) is 21.3. The summed E-state index contributed by atoms with van der Waals surface area (Å²) in [5.41, 5.74) is 2.98. The molecule has 1 aromatic carbocycles. The van der Waals surface area contributed by atoms with Crippen molar-refractivity contribution in [3.05, 3.63) is 47.2 Å². The monoisotopic (exact) mass is 424 g/mol. The van der Waals surface area contributed by atoms with Crippen LogP contribution < -0.4 is 15.5 Å². The van der Waals surface area contributed by atoms with Crippen LogP contribution in [0.2, 0.25) is 0 Å². The number of aryl methyl sites for hydroxylation is 2. The topological polar surface area (TPSA) is 137 Å². The second-order valence-electron chi connectivity index (χ2n) is 6.60. The third-order valence-corrected chi connectivity index (χ3v) is 5.34. The molecule has 0 spiro atoms. The number of benzene rings is 1. The highest BCUT2D eigenvalue weighted by molar-refractivity contribution is 7.99. The fraction of sp³-hybridized carbons (Fsp3) is 0.211. The minimum absolute atomic E-state index is 0.0945. The lowest BCUT2D eigenvalue weighted by molar-refractivity contribution is -0.113. The van der Waals surface area contributed by atoms with E-state index in [0.717, 1.165) is 11.4 Å². The molecule has 0 saturated heterocycles. The van der Waals surface area contributed by atoms with Gasteiger partial charge in [-0.05, 0) is 26.0 Å². The van der Waals surface area contributed by atoms with Crippen LogP contribution in [0.15, 0.2) is 35.5 Å². The number of amides is 1. The van der Waals surface area contributed by atoms with Gasteiger partial charge in [0.05, 0.1) is 23.9 Å². The molecule has 0 aliphatic rings. The summed E-state index contributed by atoms with van der Waals surface area (Å²) in [6.07, 6.45) is 0. The number of aromatic nitrogens is 6. The van der Waals surface area contributed by atoms with Gasteiger partial charge in [0.25, 0.3) is 0 Å². The summed E-state index contributed by atoms with van der Waals surface area (Å²) in [6, 6.07) is 9.10. The first-order chi connectivity index (χ1) is 14.5. The molecule has 4 aromatic rings. The molecule has 0 aliphatic heterocycles. The minimum Gasteiger partial charge on any atom is -0.497 e. The second-order valence-corrected chi connectivity index (χ2v) is 7.54. The smallest absolute Gasteiger partial charge is 0.236 e. The molecule has 3 heterocycles. The lowest BCUT2D eigenvalue weighted by Gasteiger charge is -2.14. The molecule has 154 valence electrons. The molecule has 11 heteroatoms. The van der Waals surface area contributed by atoms with Gasteiger partial charge in [0.1, 0.15) is 11.2 Å². The van der Waals surface area contributed by atoms with E-state index < -0.39 is 0 Å². The lowest BCUT2D eigenvalue weighted by atomic mass is 10.2. The standard InChI is InChI=1S/C19H20N8O2S/c1-10-7-14(25-23-10)21-15(28)9-30-19-22-18-16(11(2)24-26-18)17(20)27(19)12-5-4-6-13(8-12)29-3/h4-8,20H,9H2,1-3H3,(H,24,26)(H2,21,23,25,28). The number of fused-ring (bicyclic) bond motifs is 1. The van der Waals surface area contributed by atoms with Gasteiger partial charge in [-0.1, -0.05) is 17.8 Å². The first-order valence-electron chi connectivity index (χ1n) is 9.07. The zero-order valence-corrected chi connectivity index (χ0v) is 17.4. The highest BCUT2D eigenvalue weighted by atomic mass is 32.2. The molecule has 0 unspecified atom stereocenters. The number of anilines is 1. The van der Waals surface area contributed by atoms with Gasteiger partial charge < -0.3 is 10.1 Å². The van der Waals surface area contributed by atoms with E-state index in [4.69, 9.17) is 10.1 Å². The number of carbonyl (C=O) groups excluding carboxylic acids is 1. The maximum absolute atomic E-state index is 12.4. The number of rotatable bonds is 6. The predicted molar refractivity (Wildman–Crippen MR) is 113 cm³/mol. The second kappa shape index (κ2) is 8.03. The van der Waals surface area contributed by atoms with Crippen molar-refractivity contribution in [1.82, 2.24) is 29.9 Å². The average molecular weight is 424 g/mol. The summed E-state index contributed by atoms with van der Waals surface area (Å²) in [5, 5.41) is 26.4. The van der Waals surface area contributed by atoms with Crippen molar-refractivity contribution in [2.75, 3.05) is 18.2 Å². The molecule has 30 heavy (non-hydrogen) atoms. The van der Waals surface area contributed by atoms with Crippen molar-refractivity contribution in [2.45, 2.75) is 19.0 Å². The summed E-state index contributed by atoms with van der Waals surface area (Å²) in [7, 11) is 1.59. The number of carbonyl (C=O) groups is 1. The molecule has 0 radical (unpaired) electrons. The van der Waals surface area contributed by atoms with Gasteiger partial charge in [-0.25, -0.2) is 4.98 Å². The Morgan fingerprint density at radius 1 is 1.27 bits per heavy atom. The molecule has 4 rings (SSSR count). The van der Waals surface area contributed by atoms with Crippen LogP contribution in [0.1, 0.15) is 11.4 Å². The Balaban J connectivity index is 1.70. The van der Waals surface area contributed by atoms with Crippen LogP contribution in [-0.2, 0) is 4.79 Å². The van der Waals surface area contributed by atoms with E-state index in [1.54, 1.807) is 17.7 Å². The quantitative estimate of drug-likeness (QED) is 0.277. The van der Waals surface area contributed by atoms with Gasteiger partial charge in [0.2, 0.25) is 5.91 Å². The van der Waals surface area contributed by atoms with Gasteiger partial charge in [-0.3, -0.25) is 25.0 Å². The van der Waals surface area contributed by atoms with Crippen molar-refractivity contribution >= 4 is 34.5 Å². The van der Waals surface area contributed by atoms with E-state index in [-0.39, 0.29) is 17.1 Å². The molecule has 3 aromatic heterocycles. The van der Waals surface area contributed by atoms with Crippen molar-refractivity contribution in [3.8, 4) is 11.4 Å². The normalized spacial score (nSPS) is 11.0. The summed E-state index contributed by atoms with van der Waals surface area (Å²) in [4.78, 5) is 17.0. The summed E-state index contributed by atoms with van der Waals surface area (Å²) >= 11 is 1.21. The Kier molecular flexibility index (Phi) is 5.27. The van der Waals surface area contributed by atoms with Gasteiger partial charge in [-0.15, -0.1) is 0 Å². The largest absolute Gasteiger partial charge is 0.497 e. The molecule has 4 N–H and O–H groups in total. The summed E-state index contributed by atoms with van der Waals surface area (Å²) in [6.45, 7) is 3.70. The first kappa shape index (κ1) is 19.7. The van der Waals surface area contributed by atoms with Crippen LogP contribution in [0.3, 0.4) is 0 Å². The number of nitrogens with one attached hydrogen (secondary N) is 4. The van der Waals surface area contributed by atoms with E-state index in [9.17, 15) is 4.79 Å². The molecule has 0 atom stereocenters. The Morgan fingerprint density at radius 2 is 2.10 bits per heavy atom.